The molecule has 0 bridgehead atoms. The monoisotopic (exact) mass is 236 g/mol. The van der Waals surface area contributed by atoms with Crippen LogP contribution in [0.5, 0.6) is 5.75 Å². The fraction of sp³-hybridized carbons (Fsp3) is 0.333. The Morgan fingerprint density at radius 1 is 1.41 bits per heavy atom. The SMILES string of the molecule is CC=Cc1cc2c(c(=O)o1)C(=O)[C@H](O)[C@@H](C)O2. The highest BCUT2D eigenvalue weighted by molar-refractivity contribution is 6.02. The van der Waals surface area contributed by atoms with E-state index < -0.39 is 23.6 Å². The average Bonchev–Trinajstić information content (AvgIpc) is 2.25. The number of hydrogen-bond acceptors (Lipinski definition) is 5. The third-order valence-corrected chi connectivity index (χ3v) is 2.54. The normalized spacial score (nSPS) is 23.6. The molecule has 2 rings (SSSR count). The molecule has 5 heteroatoms. The summed E-state index contributed by atoms with van der Waals surface area (Å²) in [7, 11) is 0. The maximum atomic E-state index is 11.7. The fourth-order valence-electron chi connectivity index (χ4n) is 1.68. The Morgan fingerprint density at radius 2 is 2.12 bits per heavy atom. The Morgan fingerprint density at radius 3 is 2.76 bits per heavy atom. The van der Waals surface area contributed by atoms with Gasteiger partial charge < -0.3 is 14.3 Å². The predicted molar refractivity (Wildman–Crippen MR) is 60.1 cm³/mol. The molecule has 0 radical (unpaired) electrons. The zero-order valence-electron chi connectivity index (χ0n) is 9.47. The van der Waals surface area contributed by atoms with Gasteiger partial charge in [-0.1, -0.05) is 6.08 Å². The number of carbonyl (C=O) groups is 1. The van der Waals surface area contributed by atoms with Gasteiger partial charge in [0.15, 0.2) is 6.10 Å². The van der Waals surface area contributed by atoms with Gasteiger partial charge in [0.1, 0.15) is 23.2 Å². The van der Waals surface area contributed by atoms with Gasteiger partial charge in [-0.15, -0.1) is 0 Å². The molecular weight excluding hydrogens is 224 g/mol. The molecule has 0 aromatic carbocycles. The second-order valence-corrected chi connectivity index (χ2v) is 3.81. The van der Waals surface area contributed by atoms with Crippen molar-refractivity contribution in [1.29, 1.82) is 0 Å². The molecule has 0 amide bonds. The summed E-state index contributed by atoms with van der Waals surface area (Å²) in [4.78, 5) is 23.3. The topological polar surface area (TPSA) is 76.7 Å². The van der Waals surface area contributed by atoms with Crippen LogP contribution in [0.2, 0.25) is 0 Å². The molecule has 5 nitrogen and oxygen atoms in total. The molecule has 0 aliphatic carbocycles. The van der Waals surface area contributed by atoms with Gasteiger partial charge in [0, 0.05) is 6.07 Å². The van der Waals surface area contributed by atoms with E-state index >= 15 is 0 Å². The molecule has 0 unspecified atom stereocenters. The maximum Gasteiger partial charge on any atom is 0.351 e. The summed E-state index contributed by atoms with van der Waals surface area (Å²) in [6.45, 7) is 3.34. The van der Waals surface area contributed by atoms with Gasteiger partial charge in [-0.3, -0.25) is 4.79 Å². The summed E-state index contributed by atoms with van der Waals surface area (Å²) in [5.41, 5.74) is -1.00. The summed E-state index contributed by atoms with van der Waals surface area (Å²) in [5.74, 6) is -0.177. The van der Waals surface area contributed by atoms with E-state index in [4.69, 9.17) is 9.15 Å². The Labute approximate surface area is 97.3 Å². The Kier molecular flexibility index (Phi) is 2.85. The molecule has 2 heterocycles. The number of ether oxygens (including phenoxy) is 1. The van der Waals surface area contributed by atoms with Crippen molar-refractivity contribution in [2.75, 3.05) is 0 Å². The van der Waals surface area contributed by atoms with Crippen molar-refractivity contribution in [2.24, 2.45) is 0 Å². The van der Waals surface area contributed by atoms with E-state index in [1.165, 1.54) is 6.07 Å². The third-order valence-electron chi connectivity index (χ3n) is 2.54. The van der Waals surface area contributed by atoms with E-state index in [1.807, 2.05) is 0 Å². The van der Waals surface area contributed by atoms with Crippen LogP contribution in [0.4, 0.5) is 0 Å². The molecule has 0 saturated heterocycles. The van der Waals surface area contributed by atoms with Crippen LogP contribution < -0.4 is 10.4 Å². The van der Waals surface area contributed by atoms with Crippen molar-refractivity contribution in [1.82, 2.24) is 0 Å². The summed E-state index contributed by atoms with van der Waals surface area (Å²) in [6, 6.07) is 1.47. The Hall–Kier alpha value is -1.88. The number of rotatable bonds is 1. The van der Waals surface area contributed by atoms with Gasteiger partial charge in [0.25, 0.3) is 0 Å². The molecule has 1 aromatic rings. The van der Waals surface area contributed by atoms with Gasteiger partial charge in [-0.25, -0.2) is 4.79 Å². The first kappa shape index (κ1) is 11.6. The molecule has 90 valence electrons. The second-order valence-electron chi connectivity index (χ2n) is 3.81. The molecule has 17 heavy (non-hydrogen) atoms. The van der Waals surface area contributed by atoms with Crippen molar-refractivity contribution in [3.8, 4) is 5.75 Å². The second kappa shape index (κ2) is 4.18. The van der Waals surface area contributed by atoms with Crippen LogP contribution in [0.25, 0.3) is 6.08 Å². The number of carbonyl (C=O) groups excluding carboxylic acids is 1. The van der Waals surface area contributed by atoms with Gasteiger partial charge >= 0.3 is 5.63 Å². The van der Waals surface area contributed by atoms with Gasteiger partial charge in [0.05, 0.1) is 0 Å². The first-order valence-electron chi connectivity index (χ1n) is 5.24. The Balaban J connectivity index is 2.60. The van der Waals surface area contributed by atoms with Gasteiger partial charge in [0.2, 0.25) is 5.78 Å². The van der Waals surface area contributed by atoms with Gasteiger partial charge in [-0.2, -0.15) is 0 Å². The minimum atomic E-state index is -1.32. The van der Waals surface area contributed by atoms with Crippen molar-refractivity contribution < 1.29 is 19.1 Å². The highest BCUT2D eigenvalue weighted by atomic mass is 16.5. The van der Waals surface area contributed by atoms with E-state index in [0.29, 0.717) is 5.76 Å². The summed E-state index contributed by atoms with van der Waals surface area (Å²) in [5, 5.41) is 9.52. The minimum Gasteiger partial charge on any atom is -0.486 e. The first-order chi connectivity index (χ1) is 8.04. The zero-order chi connectivity index (χ0) is 12.6. The van der Waals surface area contributed by atoms with Crippen LogP contribution in [-0.4, -0.2) is 23.1 Å². The van der Waals surface area contributed by atoms with E-state index in [1.54, 1.807) is 26.0 Å². The fourth-order valence-corrected chi connectivity index (χ4v) is 1.68. The zero-order valence-corrected chi connectivity index (χ0v) is 9.47. The number of ketones is 1. The average molecular weight is 236 g/mol. The van der Waals surface area contributed by atoms with Crippen LogP contribution in [0.3, 0.4) is 0 Å². The first-order valence-corrected chi connectivity index (χ1v) is 5.24. The molecule has 1 aromatic heterocycles. The van der Waals surface area contributed by atoms with Crippen LogP contribution in [-0.2, 0) is 0 Å². The van der Waals surface area contributed by atoms with Crippen molar-refractivity contribution in [3.05, 3.63) is 33.9 Å². The number of aliphatic hydroxyl groups excluding tert-OH is 1. The highest BCUT2D eigenvalue weighted by Gasteiger charge is 2.36. The van der Waals surface area contributed by atoms with E-state index in [0.717, 1.165) is 0 Å². The number of fused-ring (bicyclic) bond motifs is 1. The van der Waals surface area contributed by atoms with Crippen LogP contribution in [0.1, 0.15) is 30.0 Å². The summed E-state index contributed by atoms with van der Waals surface area (Å²) in [6.07, 6.45) is 1.30. The molecule has 0 spiro atoms. The molecule has 0 saturated carbocycles. The van der Waals surface area contributed by atoms with Crippen molar-refractivity contribution >= 4 is 11.9 Å². The number of Topliss-reactive ketones (excluding diaryl/α,β-unsaturated/α-hetero) is 1. The molecule has 1 N–H and O–H groups in total. The summed E-state index contributed by atoms with van der Waals surface area (Å²) >= 11 is 0. The van der Waals surface area contributed by atoms with Gasteiger partial charge in [-0.05, 0) is 19.9 Å². The lowest BCUT2D eigenvalue weighted by Gasteiger charge is -2.25. The van der Waals surface area contributed by atoms with Crippen molar-refractivity contribution in [3.63, 3.8) is 0 Å². The smallest absolute Gasteiger partial charge is 0.351 e. The molecular formula is C12H12O5. The minimum absolute atomic E-state index is 0.164. The van der Waals surface area contributed by atoms with Crippen LogP contribution in [0, 0.1) is 0 Å². The molecule has 1 aliphatic rings. The maximum absolute atomic E-state index is 11.7. The van der Waals surface area contributed by atoms with Crippen LogP contribution >= 0.6 is 0 Å². The van der Waals surface area contributed by atoms with E-state index in [9.17, 15) is 14.7 Å². The Bertz CT molecular complexity index is 540. The highest BCUT2D eigenvalue weighted by Crippen LogP contribution is 2.26. The van der Waals surface area contributed by atoms with Crippen LogP contribution in [0.15, 0.2) is 21.4 Å². The van der Waals surface area contributed by atoms with E-state index in [2.05, 4.69) is 0 Å². The quantitative estimate of drug-likeness (QED) is 0.787. The largest absolute Gasteiger partial charge is 0.486 e. The standard InChI is InChI=1S/C12H12O5/c1-3-4-7-5-8-9(12(15)17-7)11(14)10(13)6(2)16-8/h3-6,10,13H,1-2H3/t6-,10-/m1/s1. The lowest BCUT2D eigenvalue weighted by Crippen LogP contribution is -2.42. The predicted octanol–water partition coefficient (Wildman–Crippen LogP) is 0.997. The number of aliphatic hydroxyl groups is 1. The summed E-state index contributed by atoms with van der Waals surface area (Å²) < 4.78 is 10.2. The van der Waals surface area contributed by atoms with Crippen molar-refractivity contribution in [2.45, 2.75) is 26.1 Å². The molecule has 2 atom stereocenters. The molecule has 1 aliphatic heterocycles. The lowest BCUT2D eigenvalue weighted by molar-refractivity contribution is 0.0280. The lowest BCUT2D eigenvalue weighted by atomic mass is 10.0. The third kappa shape index (κ3) is 1.89. The number of hydrogen-bond donors (Lipinski definition) is 1. The number of allylic oxidation sites excluding steroid dienone is 1. The molecule has 0 fully saturated rings. The van der Waals surface area contributed by atoms with E-state index in [-0.39, 0.29) is 11.3 Å².